The normalized spacial score (nSPS) is 22.2. The number of benzene rings is 1. The van der Waals surface area contributed by atoms with Crippen LogP contribution in [0.5, 0.6) is 0 Å². The fourth-order valence-corrected chi connectivity index (χ4v) is 3.37. The summed E-state index contributed by atoms with van der Waals surface area (Å²) in [6.07, 6.45) is 6.99. The van der Waals surface area contributed by atoms with Crippen LogP contribution in [0.1, 0.15) is 19.3 Å². The third-order valence-corrected chi connectivity index (χ3v) is 4.94. The van der Waals surface area contributed by atoms with Crippen molar-refractivity contribution >= 4 is 28.9 Å². The van der Waals surface area contributed by atoms with E-state index in [9.17, 15) is 4.79 Å². The third-order valence-electron chi connectivity index (χ3n) is 4.70. The first kappa shape index (κ1) is 16.3. The number of halogens is 1. The van der Waals surface area contributed by atoms with Crippen molar-refractivity contribution in [2.75, 3.05) is 43.4 Å². The van der Waals surface area contributed by atoms with Crippen molar-refractivity contribution in [3.63, 3.8) is 0 Å². The van der Waals surface area contributed by atoms with Gasteiger partial charge in [-0.15, -0.1) is 0 Å². The molecule has 0 radical (unpaired) electrons. The minimum atomic E-state index is 0.0688. The Bertz CT molecular complexity index is 594. The van der Waals surface area contributed by atoms with Gasteiger partial charge in [0, 0.05) is 37.1 Å². The van der Waals surface area contributed by atoms with Gasteiger partial charge in [-0.2, -0.15) is 0 Å². The zero-order valence-corrected chi connectivity index (χ0v) is 14.4. The number of amides is 1. The van der Waals surface area contributed by atoms with E-state index in [2.05, 4.69) is 34.3 Å². The van der Waals surface area contributed by atoms with E-state index in [4.69, 9.17) is 11.6 Å². The Morgan fingerprint density at radius 3 is 2.70 bits per heavy atom. The van der Waals surface area contributed by atoms with E-state index >= 15 is 0 Å². The average Bonchev–Trinajstić information content (AvgIpc) is 2.57. The molecule has 3 rings (SSSR count). The molecule has 1 aliphatic carbocycles. The third kappa shape index (κ3) is 4.06. The summed E-state index contributed by atoms with van der Waals surface area (Å²) in [6.45, 7) is 3.99. The molecule has 4 nitrogen and oxygen atoms in total. The van der Waals surface area contributed by atoms with E-state index < -0.39 is 0 Å². The molecule has 1 heterocycles. The van der Waals surface area contributed by atoms with Gasteiger partial charge in [-0.3, -0.25) is 4.79 Å². The summed E-state index contributed by atoms with van der Waals surface area (Å²) in [5, 5.41) is 3.77. The van der Waals surface area contributed by atoms with Gasteiger partial charge in [-0.1, -0.05) is 23.8 Å². The Morgan fingerprint density at radius 2 is 2.00 bits per heavy atom. The predicted molar refractivity (Wildman–Crippen MR) is 96.3 cm³/mol. The van der Waals surface area contributed by atoms with Gasteiger partial charge >= 0.3 is 0 Å². The van der Waals surface area contributed by atoms with E-state index in [0.717, 1.165) is 56.8 Å². The lowest BCUT2D eigenvalue weighted by atomic mass is 9.93. The minimum absolute atomic E-state index is 0.0688. The maximum Gasteiger partial charge on any atom is 0.227 e. The van der Waals surface area contributed by atoms with Crippen molar-refractivity contribution in [2.45, 2.75) is 19.3 Å². The van der Waals surface area contributed by atoms with Gasteiger partial charge in [-0.05, 0) is 44.5 Å². The van der Waals surface area contributed by atoms with Crippen LogP contribution in [0, 0.1) is 5.92 Å². The molecule has 1 aliphatic heterocycles. The summed E-state index contributed by atoms with van der Waals surface area (Å²) < 4.78 is 0. The molecule has 124 valence electrons. The molecule has 2 aliphatic rings. The Labute approximate surface area is 143 Å². The molecule has 1 fully saturated rings. The molecule has 5 heteroatoms. The lowest BCUT2D eigenvalue weighted by Gasteiger charge is -2.35. The van der Waals surface area contributed by atoms with Crippen molar-refractivity contribution < 1.29 is 4.79 Å². The molecule has 1 atom stereocenters. The number of rotatable bonds is 3. The summed E-state index contributed by atoms with van der Waals surface area (Å²) in [5.74, 6) is 0.173. The molecule has 0 bridgehead atoms. The van der Waals surface area contributed by atoms with E-state index in [1.165, 1.54) is 0 Å². The molecule has 23 heavy (non-hydrogen) atoms. The Hall–Kier alpha value is -1.52. The average molecular weight is 334 g/mol. The second-order valence-electron chi connectivity index (χ2n) is 6.42. The molecular formula is C18H24ClN3O. The fraction of sp³-hybridized carbons (Fsp3) is 0.500. The number of nitrogens with zero attached hydrogens (tertiary/aromatic N) is 2. The zero-order valence-electron chi connectivity index (χ0n) is 13.6. The topological polar surface area (TPSA) is 35.6 Å². The molecule has 1 unspecified atom stereocenters. The van der Waals surface area contributed by atoms with Crippen LogP contribution in [0.2, 0.25) is 5.02 Å². The quantitative estimate of drug-likeness (QED) is 0.861. The highest BCUT2D eigenvalue weighted by atomic mass is 35.5. The van der Waals surface area contributed by atoms with Crippen LogP contribution in [-0.4, -0.2) is 44.0 Å². The molecule has 1 aromatic rings. The maximum atomic E-state index is 12.6. The summed E-state index contributed by atoms with van der Waals surface area (Å²) >= 11 is 6.16. The first-order chi connectivity index (χ1) is 11.1. The second kappa shape index (κ2) is 7.37. The number of hydrogen-bond acceptors (Lipinski definition) is 3. The van der Waals surface area contributed by atoms with Crippen molar-refractivity contribution in [3.05, 3.63) is 35.4 Å². The number of carbonyl (C=O) groups excluding carboxylic acids is 1. The fourth-order valence-electron chi connectivity index (χ4n) is 3.20. The lowest BCUT2D eigenvalue weighted by molar-refractivity contribution is -0.120. The summed E-state index contributed by atoms with van der Waals surface area (Å²) in [6, 6.07) is 5.78. The Kier molecular flexibility index (Phi) is 5.23. The molecule has 0 aromatic heterocycles. The van der Waals surface area contributed by atoms with Crippen LogP contribution in [0.4, 0.5) is 11.4 Å². The van der Waals surface area contributed by atoms with Crippen molar-refractivity contribution in [1.82, 2.24) is 4.90 Å². The molecule has 1 saturated heterocycles. The maximum absolute atomic E-state index is 12.6. The molecule has 1 amide bonds. The van der Waals surface area contributed by atoms with E-state index in [-0.39, 0.29) is 11.8 Å². The van der Waals surface area contributed by atoms with Crippen molar-refractivity contribution in [1.29, 1.82) is 0 Å². The Balaban J connectivity index is 1.76. The monoisotopic (exact) mass is 333 g/mol. The van der Waals surface area contributed by atoms with Crippen LogP contribution < -0.4 is 10.2 Å². The van der Waals surface area contributed by atoms with Crippen molar-refractivity contribution in [3.8, 4) is 0 Å². The standard InChI is InChI=1S/C18H24ClN3O/c1-21-9-11-22(12-10-21)17-8-7-15(19)13-16(17)20-18(23)14-5-3-2-4-6-14/h2-3,7-8,13-14H,4-6,9-12H2,1H3,(H,20,23). The van der Waals surface area contributed by atoms with Gasteiger partial charge < -0.3 is 15.1 Å². The van der Waals surface area contributed by atoms with Crippen LogP contribution in [0.25, 0.3) is 0 Å². The van der Waals surface area contributed by atoms with Crippen molar-refractivity contribution in [2.24, 2.45) is 5.92 Å². The number of allylic oxidation sites excluding steroid dienone is 2. The smallest absolute Gasteiger partial charge is 0.227 e. The van der Waals surface area contributed by atoms with E-state index in [1.54, 1.807) is 0 Å². The van der Waals surface area contributed by atoms with Crippen LogP contribution in [0.15, 0.2) is 30.4 Å². The van der Waals surface area contributed by atoms with Crippen LogP contribution >= 0.6 is 11.6 Å². The molecule has 1 aromatic carbocycles. The molecule has 0 spiro atoms. The first-order valence-electron chi connectivity index (χ1n) is 8.32. The largest absolute Gasteiger partial charge is 0.367 e. The lowest BCUT2D eigenvalue weighted by Crippen LogP contribution is -2.44. The Morgan fingerprint density at radius 1 is 1.22 bits per heavy atom. The number of carbonyl (C=O) groups is 1. The minimum Gasteiger partial charge on any atom is -0.367 e. The summed E-state index contributed by atoms with van der Waals surface area (Å²) in [7, 11) is 2.14. The van der Waals surface area contributed by atoms with Gasteiger partial charge in [0.05, 0.1) is 11.4 Å². The number of piperazine rings is 1. The highest BCUT2D eigenvalue weighted by molar-refractivity contribution is 6.31. The molecule has 1 N–H and O–H groups in total. The number of hydrogen-bond donors (Lipinski definition) is 1. The second-order valence-corrected chi connectivity index (χ2v) is 6.86. The van der Waals surface area contributed by atoms with Gasteiger partial charge in [0.1, 0.15) is 0 Å². The highest BCUT2D eigenvalue weighted by Gasteiger charge is 2.22. The summed E-state index contributed by atoms with van der Waals surface area (Å²) in [5.41, 5.74) is 1.91. The van der Waals surface area contributed by atoms with Gasteiger partial charge in [-0.25, -0.2) is 0 Å². The highest BCUT2D eigenvalue weighted by Crippen LogP contribution is 2.31. The van der Waals surface area contributed by atoms with E-state index in [1.807, 2.05) is 18.2 Å². The van der Waals surface area contributed by atoms with Crippen LogP contribution in [-0.2, 0) is 4.79 Å². The SMILES string of the molecule is CN1CCN(c2ccc(Cl)cc2NC(=O)C2CC=CCC2)CC1. The predicted octanol–water partition coefficient (Wildman–Crippen LogP) is 3.39. The summed E-state index contributed by atoms with van der Waals surface area (Å²) in [4.78, 5) is 17.2. The molecule has 0 saturated carbocycles. The van der Waals surface area contributed by atoms with Gasteiger partial charge in [0.15, 0.2) is 0 Å². The number of nitrogens with one attached hydrogen (secondary N) is 1. The van der Waals surface area contributed by atoms with Gasteiger partial charge in [0.2, 0.25) is 5.91 Å². The van der Waals surface area contributed by atoms with Gasteiger partial charge in [0.25, 0.3) is 0 Å². The zero-order chi connectivity index (χ0) is 16.2. The molecular weight excluding hydrogens is 310 g/mol. The number of anilines is 2. The van der Waals surface area contributed by atoms with Crippen LogP contribution in [0.3, 0.4) is 0 Å². The first-order valence-corrected chi connectivity index (χ1v) is 8.70. The van der Waals surface area contributed by atoms with E-state index in [0.29, 0.717) is 5.02 Å². The number of likely N-dealkylation sites (N-methyl/N-ethyl adjacent to an activating group) is 1.